The Morgan fingerprint density at radius 2 is 2.20 bits per heavy atom. The third kappa shape index (κ3) is 1.46. The van der Waals surface area contributed by atoms with Gasteiger partial charge in [-0.05, 0) is 24.3 Å². The topological polar surface area (TPSA) is 34.5 Å². The van der Waals surface area contributed by atoms with E-state index in [4.69, 9.17) is 4.74 Å². The molecule has 0 radical (unpaired) electrons. The molecular weight excluding hydrogens is 188 g/mol. The molecule has 0 bridgehead atoms. The van der Waals surface area contributed by atoms with E-state index in [0.717, 1.165) is 28.9 Å². The molecule has 0 N–H and O–H groups in total. The Labute approximate surface area is 87.4 Å². The normalized spacial score (nSPS) is 15.1. The van der Waals surface area contributed by atoms with Gasteiger partial charge in [-0.2, -0.15) is 0 Å². The van der Waals surface area contributed by atoms with Gasteiger partial charge in [0.2, 0.25) is 5.90 Å². The van der Waals surface area contributed by atoms with Gasteiger partial charge >= 0.3 is 0 Å². The molecule has 2 heterocycles. The predicted octanol–water partition coefficient (Wildman–Crippen LogP) is 2.01. The fraction of sp³-hybridized carbons (Fsp3) is 0.167. The number of ether oxygens (including phenoxy) is 1. The minimum absolute atomic E-state index is 0.695. The van der Waals surface area contributed by atoms with Crippen molar-refractivity contribution in [2.24, 2.45) is 4.99 Å². The van der Waals surface area contributed by atoms with E-state index in [1.54, 1.807) is 6.20 Å². The highest BCUT2D eigenvalue weighted by Gasteiger charge is 2.10. The van der Waals surface area contributed by atoms with E-state index in [2.05, 4.69) is 16.0 Å². The number of hydrogen-bond donors (Lipinski definition) is 0. The summed E-state index contributed by atoms with van der Waals surface area (Å²) in [7, 11) is 0. The third-order valence-corrected chi connectivity index (χ3v) is 2.44. The maximum Gasteiger partial charge on any atom is 0.216 e. The molecule has 0 saturated heterocycles. The molecule has 1 aromatic carbocycles. The van der Waals surface area contributed by atoms with Crippen LogP contribution >= 0.6 is 0 Å². The fourth-order valence-electron chi connectivity index (χ4n) is 1.72. The minimum Gasteiger partial charge on any atom is -0.476 e. The number of rotatable bonds is 1. The van der Waals surface area contributed by atoms with Crippen LogP contribution in [0.1, 0.15) is 5.56 Å². The Hall–Kier alpha value is -1.90. The first-order valence-electron chi connectivity index (χ1n) is 4.96. The summed E-state index contributed by atoms with van der Waals surface area (Å²) in [6.45, 7) is 1.46. The molecule has 1 aromatic heterocycles. The molecule has 3 rings (SSSR count). The Bertz CT molecular complexity index is 534. The number of aliphatic imine (C=N–C) groups is 1. The highest BCUT2D eigenvalue weighted by Crippen LogP contribution is 2.15. The summed E-state index contributed by atoms with van der Waals surface area (Å²) >= 11 is 0. The predicted molar refractivity (Wildman–Crippen MR) is 59.1 cm³/mol. The zero-order chi connectivity index (χ0) is 10.1. The molecule has 0 unspecified atom stereocenters. The van der Waals surface area contributed by atoms with Gasteiger partial charge in [-0.15, -0.1) is 0 Å². The summed E-state index contributed by atoms with van der Waals surface area (Å²) < 4.78 is 5.42. The van der Waals surface area contributed by atoms with E-state index in [9.17, 15) is 0 Å². The molecule has 2 aromatic rings. The van der Waals surface area contributed by atoms with Crippen LogP contribution < -0.4 is 0 Å². The lowest BCUT2D eigenvalue weighted by molar-refractivity contribution is 0.348. The number of fused-ring (bicyclic) bond motifs is 1. The second-order valence-corrected chi connectivity index (χ2v) is 3.45. The molecule has 0 amide bonds. The van der Waals surface area contributed by atoms with Crippen molar-refractivity contribution in [2.75, 3.05) is 13.2 Å². The second kappa shape index (κ2) is 3.35. The van der Waals surface area contributed by atoms with E-state index in [-0.39, 0.29) is 0 Å². The van der Waals surface area contributed by atoms with Crippen LogP contribution in [0.2, 0.25) is 0 Å². The van der Waals surface area contributed by atoms with Crippen LogP contribution in [0.5, 0.6) is 0 Å². The number of pyridine rings is 1. The van der Waals surface area contributed by atoms with Crippen molar-refractivity contribution in [3.8, 4) is 0 Å². The van der Waals surface area contributed by atoms with Gasteiger partial charge in [0.15, 0.2) is 0 Å². The van der Waals surface area contributed by atoms with E-state index in [0.29, 0.717) is 6.61 Å². The first kappa shape index (κ1) is 8.41. The molecule has 74 valence electrons. The molecule has 0 fully saturated rings. The highest BCUT2D eigenvalue weighted by atomic mass is 16.5. The van der Waals surface area contributed by atoms with Gasteiger partial charge in [0.05, 0.1) is 12.1 Å². The maximum absolute atomic E-state index is 5.42. The summed E-state index contributed by atoms with van der Waals surface area (Å²) in [6, 6.07) is 10.0. The van der Waals surface area contributed by atoms with Gasteiger partial charge in [-0.1, -0.05) is 6.07 Å². The van der Waals surface area contributed by atoms with Crippen molar-refractivity contribution in [2.45, 2.75) is 0 Å². The second-order valence-electron chi connectivity index (χ2n) is 3.45. The molecular formula is C12H10N2O. The monoisotopic (exact) mass is 198 g/mol. The smallest absolute Gasteiger partial charge is 0.216 e. The molecule has 1 aliphatic heterocycles. The van der Waals surface area contributed by atoms with Crippen molar-refractivity contribution >= 4 is 16.8 Å². The zero-order valence-electron chi connectivity index (χ0n) is 8.18. The van der Waals surface area contributed by atoms with Crippen molar-refractivity contribution < 1.29 is 4.74 Å². The molecule has 0 spiro atoms. The number of benzene rings is 1. The van der Waals surface area contributed by atoms with Gasteiger partial charge in [0.1, 0.15) is 6.61 Å². The average molecular weight is 198 g/mol. The Kier molecular flexibility index (Phi) is 1.88. The van der Waals surface area contributed by atoms with Gasteiger partial charge in [-0.3, -0.25) is 4.98 Å². The Balaban J connectivity index is 2.13. The molecule has 3 heteroatoms. The molecule has 0 aliphatic carbocycles. The fourth-order valence-corrected chi connectivity index (χ4v) is 1.72. The first-order valence-corrected chi connectivity index (χ1v) is 4.96. The third-order valence-electron chi connectivity index (χ3n) is 2.44. The van der Waals surface area contributed by atoms with Crippen LogP contribution in [-0.2, 0) is 4.74 Å². The van der Waals surface area contributed by atoms with Crippen molar-refractivity contribution in [3.63, 3.8) is 0 Å². The van der Waals surface area contributed by atoms with Crippen LogP contribution in [0, 0.1) is 0 Å². The lowest BCUT2D eigenvalue weighted by atomic mass is 10.1. The van der Waals surface area contributed by atoms with Gasteiger partial charge in [0.25, 0.3) is 0 Å². The van der Waals surface area contributed by atoms with E-state index >= 15 is 0 Å². The van der Waals surface area contributed by atoms with Crippen molar-refractivity contribution in [3.05, 3.63) is 42.1 Å². The number of hydrogen-bond acceptors (Lipinski definition) is 3. The summed E-state index contributed by atoms with van der Waals surface area (Å²) in [6.07, 6.45) is 1.80. The molecule has 0 saturated carbocycles. The first-order chi connectivity index (χ1) is 7.43. The lowest BCUT2D eigenvalue weighted by Crippen LogP contribution is -2.00. The molecule has 15 heavy (non-hydrogen) atoms. The Morgan fingerprint density at radius 3 is 3.07 bits per heavy atom. The van der Waals surface area contributed by atoms with Crippen LogP contribution in [0.15, 0.2) is 41.5 Å². The lowest BCUT2D eigenvalue weighted by Gasteiger charge is -2.02. The zero-order valence-corrected chi connectivity index (χ0v) is 8.18. The minimum atomic E-state index is 0.695. The molecule has 0 atom stereocenters. The van der Waals surface area contributed by atoms with Crippen LogP contribution in [0.25, 0.3) is 10.9 Å². The van der Waals surface area contributed by atoms with Crippen LogP contribution in [-0.4, -0.2) is 24.0 Å². The van der Waals surface area contributed by atoms with E-state index in [1.165, 1.54) is 0 Å². The average Bonchev–Trinajstić information content (AvgIpc) is 2.82. The summed E-state index contributed by atoms with van der Waals surface area (Å²) in [5.41, 5.74) is 2.04. The van der Waals surface area contributed by atoms with Gasteiger partial charge in [0, 0.05) is 17.1 Å². The number of nitrogens with zero attached hydrogens (tertiary/aromatic N) is 2. The van der Waals surface area contributed by atoms with E-state index in [1.807, 2.05) is 24.3 Å². The van der Waals surface area contributed by atoms with Gasteiger partial charge in [-0.25, -0.2) is 4.99 Å². The van der Waals surface area contributed by atoms with Crippen molar-refractivity contribution in [1.82, 2.24) is 4.98 Å². The highest BCUT2D eigenvalue weighted by molar-refractivity contribution is 5.98. The maximum atomic E-state index is 5.42. The molecule has 1 aliphatic rings. The summed E-state index contributed by atoms with van der Waals surface area (Å²) in [5, 5.41) is 1.12. The van der Waals surface area contributed by atoms with Crippen molar-refractivity contribution in [1.29, 1.82) is 0 Å². The SMILES string of the molecule is c1cnc2ccc(C3=NCCO3)cc2c1. The number of aromatic nitrogens is 1. The molecule has 3 nitrogen and oxygen atoms in total. The summed E-state index contributed by atoms with van der Waals surface area (Å²) in [5.74, 6) is 0.751. The quantitative estimate of drug-likeness (QED) is 0.702. The standard InChI is InChI=1S/C12H10N2O/c1-2-9-8-10(12-14-6-7-15-12)3-4-11(9)13-5-1/h1-5,8H,6-7H2. The summed E-state index contributed by atoms with van der Waals surface area (Å²) in [4.78, 5) is 8.56. The largest absolute Gasteiger partial charge is 0.476 e. The van der Waals surface area contributed by atoms with Crippen LogP contribution in [0.4, 0.5) is 0 Å². The van der Waals surface area contributed by atoms with Gasteiger partial charge < -0.3 is 4.74 Å². The van der Waals surface area contributed by atoms with Crippen LogP contribution in [0.3, 0.4) is 0 Å². The Morgan fingerprint density at radius 1 is 1.20 bits per heavy atom. The van der Waals surface area contributed by atoms with E-state index < -0.39 is 0 Å².